The third kappa shape index (κ3) is 5.05. The molecular formula is C27H39N3O4. The van der Waals surface area contributed by atoms with Gasteiger partial charge < -0.3 is 19.9 Å². The number of carbonyl (C=O) groups is 3. The lowest BCUT2D eigenvalue weighted by atomic mass is 9.88. The summed E-state index contributed by atoms with van der Waals surface area (Å²) in [4.78, 5) is 43.0. The zero-order valence-corrected chi connectivity index (χ0v) is 21.0. The molecule has 2 amide bonds. The van der Waals surface area contributed by atoms with Gasteiger partial charge in [-0.1, -0.05) is 32.4 Å². The first-order valence-corrected chi connectivity index (χ1v) is 12.9. The largest absolute Gasteiger partial charge is 0.368 e. The highest BCUT2D eigenvalue weighted by Gasteiger charge is 2.48. The standard InChI is InChI=1S/C27H39N3O4/c1-5-18(4)24(27(33)30-15-12-23-25(30)22(31)16-34-23)28-26(32)21-8-6-19(7-9-21)20-10-13-29(14-11-20)17(2)3/h6-9,17-18,20,23-25H,5,10-16H2,1-4H3,(H,28,32)/t18?,23-,24+,25-/m1/s1. The van der Waals surface area contributed by atoms with Gasteiger partial charge in [0, 0.05) is 18.2 Å². The zero-order valence-electron chi connectivity index (χ0n) is 21.0. The Morgan fingerprint density at radius 3 is 2.35 bits per heavy atom. The molecule has 1 unspecified atom stereocenters. The predicted molar refractivity (Wildman–Crippen MR) is 131 cm³/mol. The molecular weight excluding hydrogens is 430 g/mol. The number of fused-ring (bicyclic) bond motifs is 1. The highest BCUT2D eigenvalue weighted by Crippen LogP contribution is 2.30. The minimum atomic E-state index is -0.662. The topological polar surface area (TPSA) is 79.0 Å². The molecule has 3 heterocycles. The van der Waals surface area contributed by atoms with Crippen molar-refractivity contribution in [1.29, 1.82) is 0 Å². The van der Waals surface area contributed by atoms with Crippen molar-refractivity contribution in [2.75, 3.05) is 26.2 Å². The summed E-state index contributed by atoms with van der Waals surface area (Å²) >= 11 is 0. The van der Waals surface area contributed by atoms with Gasteiger partial charge in [0.05, 0.1) is 6.10 Å². The number of likely N-dealkylation sites (tertiary alicyclic amines) is 2. The average Bonchev–Trinajstić information content (AvgIpc) is 3.44. The van der Waals surface area contributed by atoms with Gasteiger partial charge in [0.25, 0.3) is 5.91 Å². The molecule has 3 aliphatic rings. The Morgan fingerprint density at radius 2 is 1.74 bits per heavy atom. The number of rotatable bonds is 7. The Hall–Kier alpha value is -2.25. The summed E-state index contributed by atoms with van der Waals surface area (Å²) < 4.78 is 5.53. The monoisotopic (exact) mass is 469 g/mol. The predicted octanol–water partition coefficient (Wildman–Crippen LogP) is 2.99. The van der Waals surface area contributed by atoms with E-state index in [0.717, 1.165) is 32.4 Å². The van der Waals surface area contributed by atoms with Gasteiger partial charge in [-0.05, 0) is 75.7 Å². The van der Waals surface area contributed by atoms with Gasteiger partial charge in [-0.25, -0.2) is 0 Å². The summed E-state index contributed by atoms with van der Waals surface area (Å²) in [7, 11) is 0. The Bertz CT molecular complexity index is 892. The van der Waals surface area contributed by atoms with Crippen LogP contribution in [0.25, 0.3) is 0 Å². The van der Waals surface area contributed by atoms with Crippen molar-refractivity contribution >= 4 is 17.6 Å². The molecule has 4 atom stereocenters. The molecule has 3 aliphatic heterocycles. The van der Waals surface area contributed by atoms with Crippen LogP contribution in [-0.4, -0.2) is 77.9 Å². The maximum atomic E-state index is 13.4. The van der Waals surface area contributed by atoms with E-state index in [1.54, 1.807) is 4.90 Å². The van der Waals surface area contributed by atoms with Crippen LogP contribution in [0, 0.1) is 5.92 Å². The Morgan fingerprint density at radius 1 is 1.06 bits per heavy atom. The summed E-state index contributed by atoms with van der Waals surface area (Å²) in [6.45, 7) is 11.2. The second kappa shape index (κ2) is 10.6. The third-order valence-corrected chi connectivity index (χ3v) is 8.06. The van der Waals surface area contributed by atoms with Crippen LogP contribution in [0.3, 0.4) is 0 Å². The summed E-state index contributed by atoms with van der Waals surface area (Å²) in [6, 6.07) is 7.28. The van der Waals surface area contributed by atoms with Gasteiger partial charge >= 0.3 is 0 Å². The summed E-state index contributed by atoms with van der Waals surface area (Å²) in [6.07, 6.45) is 3.48. The molecule has 7 nitrogen and oxygen atoms in total. The number of amides is 2. The van der Waals surface area contributed by atoms with E-state index in [0.29, 0.717) is 30.5 Å². The van der Waals surface area contributed by atoms with E-state index in [-0.39, 0.29) is 36.2 Å². The number of ether oxygens (including phenoxy) is 1. The molecule has 34 heavy (non-hydrogen) atoms. The first-order valence-electron chi connectivity index (χ1n) is 12.9. The minimum Gasteiger partial charge on any atom is -0.368 e. The number of ketones is 1. The SMILES string of the molecule is CCC(C)[C@H](NC(=O)c1ccc(C2CCN(C(C)C)CC2)cc1)C(=O)N1CC[C@H]2OCC(=O)[C@H]21. The lowest BCUT2D eigenvalue weighted by Gasteiger charge is -2.34. The van der Waals surface area contributed by atoms with Crippen molar-refractivity contribution in [3.63, 3.8) is 0 Å². The maximum absolute atomic E-state index is 13.4. The van der Waals surface area contributed by atoms with E-state index < -0.39 is 12.1 Å². The highest BCUT2D eigenvalue weighted by molar-refractivity contribution is 5.99. The molecule has 3 fully saturated rings. The van der Waals surface area contributed by atoms with E-state index in [9.17, 15) is 14.4 Å². The number of nitrogens with one attached hydrogen (secondary N) is 1. The lowest BCUT2D eigenvalue weighted by molar-refractivity contribution is -0.139. The molecule has 7 heteroatoms. The van der Waals surface area contributed by atoms with E-state index >= 15 is 0 Å². The maximum Gasteiger partial charge on any atom is 0.251 e. The fourth-order valence-electron chi connectivity index (χ4n) is 5.58. The molecule has 0 radical (unpaired) electrons. The van der Waals surface area contributed by atoms with E-state index in [1.165, 1.54) is 5.56 Å². The molecule has 0 saturated carbocycles. The lowest BCUT2D eigenvalue weighted by Crippen LogP contribution is -2.54. The number of hydrogen-bond donors (Lipinski definition) is 1. The van der Waals surface area contributed by atoms with Crippen LogP contribution in [0.1, 0.15) is 75.2 Å². The number of carbonyl (C=O) groups excluding carboxylic acids is 3. The molecule has 186 valence electrons. The minimum absolute atomic E-state index is 0.0418. The molecule has 0 bridgehead atoms. The summed E-state index contributed by atoms with van der Waals surface area (Å²) in [5.41, 5.74) is 1.83. The normalized spacial score (nSPS) is 25.4. The zero-order chi connectivity index (χ0) is 24.4. The van der Waals surface area contributed by atoms with Gasteiger partial charge in [-0.15, -0.1) is 0 Å². The molecule has 4 rings (SSSR count). The van der Waals surface area contributed by atoms with Crippen molar-refractivity contribution in [3.05, 3.63) is 35.4 Å². The Kier molecular flexibility index (Phi) is 7.73. The number of benzene rings is 1. The van der Waals surface area contributed by atoms with Crippen LogP contribution in [0.15, 0.2) is 24.3 Å². The van der Waals surface area contributed by atoms with E-state index in [1.807, 2.05) is 26.0 Å². The van der Waals surface area contributed by atoms with Crippen LogP contribution in [0.2, 0.25) is 0 Å². The number of Topliss-reactive ketones (excluding diaryl/α,β-unsaturated/α-hetero) is 1. The van der Waals surface area contributed by atoms with Crippen LogP contribution >= 0.6 is 0 Å². The molecule has 0 spiro atoms. The first kappa shape index (κ1) is 24.9. The van der Waals surface area contributed by atoms with Crippen LogP contribution in [0.5, 0.6) is 0 Å². The molecule has 0 aliphatic carbocycles. The van der Waals surface area contributed by atoms with E-state index in [2.05, 4.69) is 36.2 Å². The first-order chi connectivity index (χ1) is 16.3. The highest BCUT2D eigenvalue weighted by atomic mass is 16.5. The van der Waals surface area contributed by atoms with Gasteiger partial charge in [0.15, 0.2) is 5.78 Å². The van der Waals surface area contributed by atoms with Crippen molar-refractivity contribution < 1.29 is 19.1 Å². The fraction of sp³-hybridized carbons (Fsp3) is 0.667. The van der Waals surface area contributed by atoms with E-state index in [4.69, 9.17) is 4.74 Å². The van der Waals surface area contributed by atoms with Crippen molar-refractivity contribution in [1.82, 2.24) is 15.1 Å². The average molecular weight is 470 g/mol. The fourth-order valence-corrected chi connectivity index (χ4v) is 5.58. The molecule has 1 aromatic carbocycles. The van der Waals surface area contributed by atoms with Crippen molar-refractivity contribution in [2.24, 2.45) is 5.92 Å². The second-order valence-electron chi connectivity index (χ2n) is 10.4. The van der Waals surface area contributed by atoms with Crippen LogP contribution < -0.4 is 5.32 Å². The molecule has 1 N–H and O–H groups in total. The van der Waals surface area contributed by atoms with Crippen molar-refractivity contribution in [3.8, 4) is 0 Å². The molecule has 0 aromatic heterocycles. The van der Waals surface area contributed by atoms with Gasteiger partial charge in [-0.3, -0.25) is 14.4 Å². The number of nitrogens with zero attached hydrogens (tertiary/aromatic N) is 2. The molecule has 3 saturated heterocycles. The summed E-state index contributed by atoms with van der Waals surface area (Å²) in [5, 5.41) is 2.98. The van der Waals surface area contributed by atoms with Gasteiger partial charge in [-0.2, -0.15) is 0 Å². The number of hydrogen-bond acceptors (Lipinski definition) is 5. The van der Waals surface area contributed by atoms with Crippen LogP contribution in [0.4, 0.5) is 0 Å². The Balaban J connectivity index is 1.41. The number of piperidine rings is 1. The molecule has 1 aromatic rings. The second-order valence-corrected chi connectivity index (χ2v) is 10.4. The quantitative estimate of drug-likeness (QED) is 0.664. The van der Waals surface area contributed by atoms with Gasteiger partial charge in [0.2, 0.25) is 5.91 Å². The summed E-state index contributed by atoms with van der Waals surface area (Å²) in [5.74, 6) is 0.0150. The third-order valence-electron chi connectivity index (χ3n) is 8.06. The van der Waals surface area contributed by atoms with Gasteiger partial charge in [0.1, 0.15) is 18.7 Å². The van der Waals surface area contributed by atoms with Crippen molar-refractivity contribution in [2.45, 2.75) is 83.5 Å². The smallest absolute Gasteiger partial charge is 0.251 e. The van der Waals surface area contributed by atoms with Crippen LogP contribution in [-0.2, 0) is 14.3 Å². The Labute approximate surface area is 203 Å².